The maximum Gasteiger partial charge on any atom is 0.0786 e. The van der Waals surface area contributed by atoms with E-state index < -0.39 is 0 Å². The Morgan fingerprint density at radius 1 is 1.50 bits per heavy atom. The molecular formula is C10H19NO. The summed E-state index contributed by atoms with van der Waals surface area (Å²) in [5.74, 6) is 0. The van der Waals surface area contributed by atoms with Crippen LogP contribution >= 0.6 is 0 Å². The third-order valence-electron chi connectivity index (χ3n) is 3.14. The average molecular weight is 169 g/mol. The molecule has 70 valence electrons. The fourth-order valence-corrected chi connectivity index (χ4v) is 2.31. The van der Waals surface area contributed by atoms with Crippen LogP contribution < -0.4 is 0 Å². The molecule has 2 nitrogen and oxygen atoms in total. The molecule has 0 bridgehead atoms. The van der Waals surface area contributed by atoms with Crippen molar-refractivity contribution in [3.63, 3.8) is 0 Å². The zero-order chi connectivity index (χ0) is 8.60. The molecule has 0 aromatic carbocycles. The molecule has 1 saturated heterocycles. The van der Waals surface area contributed by atoms with Crippen molar-refractivity contribution < 1.29 is 5.11 Å². The molecule has 1 aliphatic heterocycles. The van der Waals surface area contributed by atoms with Gasteiger partial charge >= 0.3 is 0 Å². The summed E-state index contributed by atoms with van der Waals surface area (Å²) >= 11 is 0. The van der Waals surface area contributed by atoms with Crippen LogP contribution in [0.4, 0.5) is 0 Å². The van der Waals surface area contributed by atoms with Gasteiger partial charge < -0.3 is 5.11 Å². The van der Waals surface area contributed by atoms with Crippen LogP contribution in [0.5, 0.6) is 0 Å². The lowest BCUT2D eigenvalue weighted by molar-refractivity contribution is 0.0390. The van der Waals surface area contributed by atoms with Gasteiger partial charge in [0.05, 0.1) is 5.60 Å². The molecule has 1 atom stereocenters. The van der Waals surface area contributed by atoms with E-state index in [9.17, 15) is 5.11 Å². The first-order valence-electron chi connectivity index (χ1n) is 5.20. The molecule has 2 rings (SSSR count). The molecule has 1 aliphatic carbocycles. The van der Waals surface area contributed by atoms with Crippen LogP contribution in [-0.4, -0.2) is 34.7 Å². The molecule has 1 unspecified atom stereocenters. The molecule has 0 aromatic rings. The molecule has 0 aromatic heterocycles. The highest BCUT2D eigenvalue weighted by molar-refractivity contribution is 4.96. The van der Waals surface area contributed by atoms with Gasteiger partial charge in [0, 0.05) is 19.1 Å². The van der Waals surface area contributed by atoms with Gasteiger partial charge in [0.15, 0.2) is 0 Å². The third-order valence-corrected chi connectivity index (χ3v) is 3.14. The van der Waals surface area contributed by atoms with E-state index in [0.717, 1.165) is 38.4 Å². The Morgan fingerprint density at radius 2 is 2.25 bits per heavy atom. The minimum Gasteiger partial charge on any atom is -0.389 e. The van der Waals surface area contributed by atoms with E-state index in [4.69, 9.17) is 0 Å². The molecule has 2 fully saturated rings. The van der Waals surface area contributed by atoms with Crippen molar-refractivity contribution in [2.75, 3.05) is 13.1 Å². The van der Waals surface area contributed by atoms with Crippen molar-refractivity contribution >= 4 is 0 Å². The summed E-state index contributed by atoms with van der Waals surface area (Å²) in [6.07, 6.45) is 5.81. The summed E-state index contributed by atoms with van der Waals surface area (Å²) in [5.41, 5.74) is -0.336. The Labute approximate surface area is 74.6 Å². The molecule has 2 aliphatic rings. The fraction of sp³-hybridized carbons (Fsp3) is 1.00. The number of likely N-dealkylation sites (tertiary alicyclic amines) is 1. The zero-order valence-electron chi connectivity index (χ0n) is 7.92. The number of hydrogen-bond donors (Lipinski definition) is 1. The van der Waals surface area contributed by atoms with Crippen LogP contribution in [0.1, 0.15) is 39.0 Å². The van der Waals surface area contributed by atoms with Crippen LogP contribution in [-0.2, 0) is 0 Å². The van der Waals surface area contributed by atoms with Crippen LogP contribution in [0.3, 0.4) is 0 Å². The lowest BCUT2D eigenvalue weighted by atomic mass is 9.98. The van der Waals surface area contributed by atoms with Crippen LogP contribution in [0.15, 0.2) is 0 Å². The van der Waals surface area contributed by atoms with E-state index in [2.05, 4.69) is 11.8 Å². The second-order valence-corrected chi connectivity index (χ2v) is 4.43. The molecule has 0 radical (unpaired) electrons. The highest BCUT2D eigenvalue weighted by Gasteiger charge is 2.41. The van der Waals surface area contributed by atoms with Gasteiger partial charge in [0.25, 0.3) is 0 Å². The number of aliphatic hydroxyl groups is 1. The Morgan fingerprint density at radius 3 is 2.83 bits per heavy atom. The van der Waals surface area contributed by atoms with E-state index in [0.29, 0.717) is 0 Å². The van der Waals surface area contributed by atoms with Gasteiger partial charge in [0.1, 0.15) is 0 Å². The van der Waals surface area contributed by atoms with E-state index in [1.54, 1.807) is 0 Å². The third kappa shape index (κ3) is 1.64. The molecule has 12 heavy (non-hydrogen) atoms. The number of β-amino-alcohol motifs (C(OH)–C–C–N with tert-alkyl or cyclic N) is 1. The van der Waals surface area contributed by atoms with Gasteiger partial charge in [-0.1, -0.05) is 13.3 Å². The van der Waals surface area contributed by atoms with Crippen LogP contribution in [0.2, 0.25) is 0 Å². The summed E-state index contributed by atoms with van der Waals surface area (Å²) in [5, 5.41) is 10.1. The molecule has 0 spiro atoms. The summed E-state index contributed by atoms with van der Waals surface area (Å²) < 4.78 is 0. The largest absolute Gasteiger partial charge is 0.389 e. The lowest BCUT2D eigenvalue weighted by Crippen LogP contribution is -2.33. The van der Waals surface area contributed by atoms with Gasteiger partial charge in [-0.3, -0.25) is 4.90 Å². The standard InChI is InChI=1S/C10H19NO/c1-2-5-10(12)6-7-11(8-10)9-3-4-9/h9,12H,2-8H2,1H3. The number of hydrogen-bond acceptors (Lipinski definition) is 2. The van der Waals surface area contributed by atoms with Gasteiger partial charge in [-0.05, 0) is 25.7 Å². The summed E-state index contributed by atoms with van der Waals surface area (Å²) in [4.78, 5) is 2.47. The SMILES string of the molecule is CCCC1(O)CCN(C2CC2)C1. The normalized spacial score (nSPS) is 37.5. The molecule has 1 saturated carbocycles. The first-order valence-corrected chi connectivity index (χ1v) is 5.20. The van der Waals surface area contributed by atoms with E-state index >= 15 is 0 Å². The number of rotatable bonds is 3. The Kier molecular flexibility index (Phi) is 2.13. The van der Waals surface area contributed by atoms with E-state index in [1.807, 2.05) is 0 Å². The second-order valence-electron chi connectivity index (χ2n) is 4.43. The van der Waals surface area contributed by atoms with Crippen molar-refractivity contribution in [1.82, 2.24) is 4.90 Å². The van der Waals surface area contributed by atoms with Crippen LogP contribution in [0, 0.1) is 0 Å². The second kappa shape index (κ2) is 3.00. The first kappa shape index (κ1) is 8.52. The average Bonchev–Trinajstić information content (AvgIpc) is 2.78. The molecular weight excluding hydrogens is 150 g/mol. The minimum absolute atomic E-state index is 0.336. The molecule has 2 heteroatoms. The van der Waals surface area contributed by atoms with Crippen molar-refractivity contribution in [2.45, 2.75) is 50.7 Å². The van der Waals surface area contributed by atoms with Gasteiger partial charge in [-0.25, -0.2) is 0 Å². The summed E-state index contributed by atoms with van der Waals surface area (Å²) in [6, 6.07) is 0.830. The predicted molar refractivity (Wildman–Crippen MR) is 49.1 cm³/mol. The Balaban J connectivity index is 1.86. The topological polar surface area (TPSA) is 23.5 Å². The van der Waals surface area contributed by atoms with E-state index in [-0.39, 0.29) is 5.60 Å². The van der Waals surface area contributed by atoms with Crippen molar-refractivity contribution in [3.8, 4) is 0 Å². The zero-order valence-corrected chi connectivity index (χ0v) is 7.92. The fourth-order valence-electron chi connectivity index (χ4n) is 2.31. The Bertz CT molecular complexity index is 167. The molecule has 1 N–H and O–H groups in total. The Hall–Kier alpha value is -0.0800. The lowest BCUT2D eigenvalue weighted by Gasteiger charge is -2.22. The highest BCUT2D eigenvalue weighted by Crippen LogP contribution is 2.34. The van der Waals surface area contributed by atoms with Crippen molar-refractivity contribution in [3.05, 3.63) is 0 Å². The smallest absolute Gasteiger partial charge is 0.0786 e. The molecule has 1 heterocycles. The predicted octanol–water partition coefficient (Wildman–Crippen LogP) is 1.39. The monoisotopic (exact) mass is 169 g/mol. The highest BCUT2D eigenvalue weighted by atomic mass is 16.3. The molecule has 0 amide bonds. The quantitative estimate of drug-likeness (QED) is 0.690. The van der Waals surface area contributed by atoms with Gasteiger partial charge in [-0.2, -0.15) is 0 Å². The maximum absolute atomic E-state index is 10.1. The van der Waals surface area contributed by atoms with Gasteiger partial charge in [0.2, 0.25) is 0 Å². The summed E-state index contributed by atoms with van der Waals surface area (Å²) in [6.45, 7) is 4.21. The first-order chi connectivity index (χ1) is 5.73. The van der Waals surface area contributed by atoms with Crippen molar-refractivity contribution in [1.29, 1.82) is 0 Å². The van der Waals surface area contributed by atoms with Gasteiger partial charge in [-0.15, -0.1) is 0 Å². The van der Waals surface area contributed by atoms with E-state index in [1.165, 1.54) is 12.8 Å². The van der Waals surface area contributed by atoms with Crippen molar-refractivity contribution in [2.24, 2.45) is 0 Å². The van der Waals surface area contributed by atoms with Crippen LogP contribution in [0.25, 0.3) is 0 Å². The minimum atomic E-state index is -0.336. The maximum atomic E-state index is 10.1. The number of nitrogens with zero attached hydrogens (tertiary/aromatic N) is 1. The summed E-state index contributed by atoms with van der Waals surface area (Å²) in [7, 11) is 0.